The van der Waals surface area contributed by atoms with Gasteiger partial charge in [0, 0.05) is 0 Å². The number of rotatable bonds is 6. The Hall–Kier alpha value is 1.23. The van der Waals surface area contributed by atoms with E-state index in [0.717, 1.165) is 6.29 Å². The van der Waals surface area contributed by atoms with Crippen LogP contribution in [0.1, 0.15) is 33.5 Å². The number of hydrogen-bond donors (Lipinski definition) is 0. The summed E-state index contributed by atoms with van der Waals surface area (Å²) < 4.78 is 10.6. The molecule has 0 heterocycles. The van der Waals surface area contributed by atoms with Crippen LogP contribution in [-0.2, 0) is 14.3 Å². The van der Waals surface area contributed by atoms with E-state index in [4.69, 9.17) is 9.47 Å². The minimum absolute atomic E-state index is 0. The molecular formula is C10H19KO3. The van der Waals surface area contributed by atoms with Crippen molar-refractivity contribution in [3.8, 4) is 0 Å². The quantitative estimate of drug-likeness (QED) is 0.320. The van der Waals surface area contributed by atoms with Crippen LogP contribution in [0.2, 0.25) is 0 Å². The van der Waals surface area contributed by atoms with Gasteiger partial charge >= 0.3 is 51.4 Å². The summed E-state index contributed by atoms with van der Waals surface area (Å²) in [4.78, 5) is 9.90. The van der Waals surface area contributed by atoms with Gasteiger partial charge in [-0.2, -0.15) is 0 Å². The topological polar surface area (TPSA) is 35.5 Å². The second-order valence-electron chi connectivity index (χ2n) is 3.37. The molecule has 78 valence electrons. The van der Waals surface area contributed by atoms with Crippen LogP contribution >= 0.6 is 0 Å². The average Bonchev–Trinajstić information content (AvgIpc) is 2.19. The number of hydrogen-bond acceptors (Lipinski definition) is 3. The molecule has 0 aliphatic heterocycles. The Bertz CT molecular complexity index is 141. The minimum Gasteiger partial charge on any atom is -1.00 e. The summed E-state index contributed by atoms with van der Waals surface area (Å²) in [7, 11) is 0. The fourth-order valence-electron chi connectivity index (χ4n) is 1.64. The van der Waals surface area contributed by atoms with Gasteiger partial charge in [0.25, 0.3) is 0 Å². The molecule has 0 aromatic rings. The Morgan fingerprint density at radius 3 is 2.57 bits per heavy atom. The molecule has 0 unspecified atom stereocenters. The number of ether oxygens (including phenoxy) is 2. The van der Waals surface area contributed by atoms with Gasteiger partial charge in [-0.3, -0.25) is 0 Å². The third-order valence-corrected chi connectivity index (χ3v) is 2.32. The van der Waals surface area contributed by atoms with Crippen LogP contribution in [-0.4, -0.2) is 32.2 Å². The first-order valence-electron chi connectivity index (χ1n) is 5.06. The van der Waals surface area contributed by atoms with E-state index in [1.807, 2.05) is 0 Å². The van der Waals surface area contributed by atoms with Gasteiger partial charge in [0.2, 0.25) is 0 Å². The van der Waals surface area contributed by atoms with Crippen molar-refractivity contribution in [3.63, 3.8) is 0 Å². The van der Waals surface area contributed by atoms with Crippen molar-refractivity contribution in [1.82, 2.24) is 0 Å². The molecule has 1 aliphatic carbocycles. The summed E-state index contributed by atoms with van der Waals surface area (Å²) in [5.74, 6) is 0. The molecule has 0 saturated heterocycles. The van der Waals surface area contributed by atoms with E-state index in [0.29, 0.717) is 19.3 Å². The van der Waals surface area contributed by atoms with E-state index < -0.39 is 0 Å². The first-order chi connectivity index (χ1) is 6.43. The van der Waals surface area contributed by atoms with Gasteiger partial charge in [0.1, 0.15) is 12.9 Å². The standard InChI is InChI=1S/C10H18O3.K.H/c11-6-7-12-8-9-13-10-4-2-1-3-5-10;;/h6,10H,1-5,7-9H2;;/q;+1;-1. The number of carbonyl (C=O) groups excluding carboxylic acids is 1. The van der Waals surface area contributed by atoms with Crippen LogP contribution in [0.5, 0.6) is 0 Å². The average molecular weight is 226 g/mol. The molecular weight excluding hydrogens is 207 g/mol. The summed E-state index contributed by atoms with van der Waals surface area (Å²) in [5, 5.41) is 0. The SMILES string of the molecule is O=CCOCCOC1CCCCC1.[H-].[K+]. The van der Waals surface area contributed by atoms with Crippen LogP contribution in [0.15, 0.2) is 0 Å². The van der Waals surface area contributed by atoms with Gasteiger partial charge in [-0.15, -0.1) is 0 Å². The molecule has 1 aliphatic rings. The van der Waals surface area contributed by atoms with Crippen LogP contribution in [0.25, 0.3) is 0 Å². The van der Waals surface area contributed by atoms with E-state index in [1.165, 1.54) is 32.1 Å². The predicted octanol–water partition coefficient (Wildman–Crippen LogP) is -1.33. The van der Waals surface area contributed by atoms with Gasteiger partial charge < -0.3 is 15.7 Å². The summed E-state index contributed by atoms with van der Waals surface area (Å²) in [6.45, 7) is 1.35. The molecule has 0 aromatic carbocycles. The maximum Gasteiger partial charge on any atom is 1.00 e. The first-order valence-corrected chi connectivity index (χ1v) is 5.06. The maximum absolute atomic E-state index is 9.90. The molecule has 14 heavy (non-hydrogen) atoms. The Morgan fingerprint density at radius 1 is 1.21 bits per heavy atom. The zero-order valence-electron chi connectivity index (χ0n) is 10.0. The van der Waals surface area contributed by atoms with E-state index in [9.17, 15) is 4.79 Å². The normalized spacial score (nSPS) is 17.4. The van der Waals surface area contributed by atoms with Crippen LogP contribution in [0.3, 0.4) is 0 Å². The van der Waals surface area contributed by atoms with Crippen molar-refractivity contribution in [2.75, 3.05) is 19.8 Å². The Labute approximate surface area is 130 Å². The fourth-order valence-corrected chi connectivity index (χ4v) is 1.64. The Morgan fingerprint density at radius 2 is 1.93 bits per heavy atom. The molecule has 4 heteroatoms. The first kappa shape index (κ1) is 15.2. The summed E-state index contributed by atoms with van der Waals surface area (Å²) in [6, 6.07) is 0. The van der Waals surface area contributed by atoms with E-state index in [1.54, 1.807) is 0 Å². The molecule has 0 bridgehead atoms. The zero-order chi connectivity index (χ0) is 9.36. The Balaban J connectivity index is 0. The second kappa shape index (κ2) is 10.7. The summed E-state index contributed by atoms with van der Waals surface area (Å²) in [5.41, 5.74) is 0. The number of carbonyl (C=O) groups is 1. The van der Waals surface area contributed by atoms with Gasteiger partial charge in [-0.25, -0.2) is 0 Å². The van der Waals surface area contributed by atoms with Crippen LogP contribution < -0.4 is 51.4 Å². The minimum atomic E-state index is 0. The molecule has 1 saturated carbocycles. The van der Waals surface area contributed by atoms with Crippen molar-refractivity contribution in [3.05, 3.63) is 0 Å². The smallest absolute Gasteiger partial charge is 1.00 e. The van der Waals surface area contributed by atoms with E-state index in [-0.39, 0.29) is 59.4 Å². The van der Waals surface area contributed by atoms with Crippen LogP contribution in [0, 0.1) is 0 Å². The van der Waals surface area contributed by atoms with Gasteiger partial charge in [0.15, 0.2) is 0 Å². The van der Waals surface area contributed by atoms with E-state index in [2.05, 4.69) is 0 Å². The van der Waals surface area contributed by atoms with Crippen molar-refractivity contribution < 1.29 is 67.1 Å². The zero-order valence-corrected chi connectivity index (χ0v) is 12.2. The largest absolute Gasteiger partial charge is 1.00 e. The van der Waals surface area contributed by atoms with Crippen LogP contribution in [0.4, 0.5) is 0 Å². The summed E-state index contributed by atoms with van der Waals surface area (Å²) >= 11 is 0. The predicted molar refractivity (Wildman–Crippen MR) is 50.8 cm³/mol. The third kappa shape index (κ3) is 7.51. The molecule has 0 spiro atoms. The number of aldehydes is 1. The van der Waals surface area contributed by atoms with Crippen molar-refractivity contribution in [2.24, 2.45) is 0 Å². The van der Waals surface area contributed by atoms with Gasteiger partial charge in [-0.1, -0.05) is 19.3 Å². The van der Waals surface area contributed by atoms with E-state index >= 15 is 0 Å². The third-order valence-electron chi connectivity index (χ3n) is 2.32. The molecule has 0 N–H and O–H groups in total. The fraction of sp³-hybridized carbons (Fsp3) is 0.900. The molecule has 0 radical (unpaired) electrons. The maximum atomic E-state index is 9.90. The van der Waals surface area contributed by atoms with Crippen molar-refractivity contribution in [1.29, 1.82) is 0 Å². The molecule has 1 fully saturated rings. The van der Waals surface area contributed by atoms with Crippen molar-refractivity contribution >= 4 is 6.29 Å². The summed E-state index contributed by atoms with van der Waals surface area (Å²) in [6.07, 6.45) is 7.51. The van der Waals surface area contributed by atoms with Crippen molar-refractivity contribution in [2.45, 2.75) is 38.2 Å². The molecule has 1 rings (SSSR count). The Kier molecular flexibility index (Phi) is 11.7. The van der Waals surface area contributed by atoms with Gasteiger partial charge in [0.05, 0.1) is 19.3 Å². The molecule has 0 amide bonds. The molecule has 3 nitrogen and oxygen atoms in total. The molecule has 0 aromatic heterocycles. The molecule has 0 atom stereocenters. The van der Waals surface area contributed by atoms with Gasteiger partial charge in [-0.05, 0) is 12.8 Å². The monoisotopic (exact) mass is 226 g/mol. The second-order valence-corrected chi connectivity index (χ2v) is 3.37.